The molecule has 0 spiro atoms. The Morgan fingerprint density at radius 1 is 1.35 bits per heavy atom. The molecule has 0 aromatic rings. The Balaban J connectivity index is 3.37. The predicted octanol–water partition coefficient (Wildman–Crippen LogP) is -0.331. The van der Waals surface area contributed by atoms with E-state index in [0.29, 0.717) is 13.2 Å². The van der Waals surface area contributed by atoms with Crippen molar-refractivity contribution in [3.05, 3.63) is 0 Å². The zero-order chi connectivity index (χ0) is 13.1. The molecule has 3 N–H and O–H groups in total. The standard InChI is InChI=1S/C10H20N2O5/c1-8(6-16-2)5-12-10(15)11-3-4-17-7-9(13)14/h8H,3-7H2,1-2H3,(H,13,14)(H2,11,12,15). The molecular weight excluding hydrogens is 228 g/mol. The summed E-state index contributed by atoms with van der Waals surface area (Å²) >= 11 is 0. The molecule has 0 radical (unpaired) electrons. The second-order valence-corrected chi connectivity index (χ2v) is 3.64. The lowest BCUT2D eigenvalue weighted by Gasteiger charge is -2.12. The molecule has 0 saturated carbocycles. The number of carbonyl (C=O) groups is 2. The maximum Gasteiger partial charge on any atom is 0.329 e. The van der Waals surface area contributed by atoms with Crippen molar-refractivity contribution in [2.24, 2.45) is 5.92 Å². The number of carboxylic acid groups (broad SMARTS) is 1. The summed E-state index contributed by atoms with van der Waals surface area (Å²) in [5.74, 6) is -0.781. The SMILES string of the molecule is COCC(C)CNC(=O)NCCOCC(=O)O. The van der Waals surface area contributed by atoms with E-state index >= 15 is 0 Å². The van der Waals surface area contributed by atoms with Crippen LogP contribution in [0.15, 0.2) is 0 Å². The van der Waals surface area contributed by atoms with Gasteiger partial charge in [-0.3, -0.25) is 0 Å². The van der Waals surface area contributed by atoms with Crippen LogP contribution in [0.5, 0.6) is 0 Å². The quantitative estimate of drug-likeness (QED) is 0.485. The van der Waals surface area contributed by atoms with E-state index in [4.69, 9.17) is 14.6 Å². The molecule has 0 aliphatic heterocycles. The first kappa shape index (κ1) is 15.7. The molecule has 0 aliphatic carbocycles. The molecule has 2 amide bonds. The van der Waals surface area contributed by atoms with E-state index in [9.17, 15) is 9.59 Å². The molecule has 0 rings (SSSR count). The molecule has 0 bridgehead atoms. The van der Waals surface area contributed by atoms with Gasteiger partial charge in [0.1, 0.15) is 6.61 Å². The first-order valence-electron chi connectivity index (χ1n) is 5.36. The molecular formula is C10H20N2O5. The fourth-order valence-corrected chi connectivity index (χ4v) is 1.07. The minimum absolute atomic E-state index is 0.174. The summed E-state index contributed by atoms with van der Waals surface area (Å²) in [6, 6.07) is -0.299. The number of amides is 2. The van der Waals surface area contributed by atoms with Crippen molar-refractivity contribution in [3.63, 3.8) is 0 Å². The van der Waals surface area contributed by atoms with Crippen LogP contribution in [0.3, 0.4) is 0 Å². The van der Waals surface area contributed by atoms with Gasteiger partial charge in [0.05, 0.1) is 13.2 Å². The van der Waals surface area contributed by atoms with Gasteiger partial charge in [0.2, 0.25) is 0 Å². The number of methoxy groups -OCH3 is 1. The monoisotopic (exact) mass is 248 g/mol. The van der Waals surface area contributed by atoms with E-state index in [2.05, 4.69) is 10.6 Å². The maximum atomic E-state index is 11.2. The van der Waals surface area contributed by atoms with Crippen molar-refractivity contribution in [2.75, 3.05) is 40.0 Å². The van der Waals surface area contributed by atoms with Crippen molar-refractivity contribution in [1.29, 1.82) is 0 Å². The molecule has 0 saturated heterocycles. The largest absolute Gasteiger partial charge is 0.480 e. The van der Waals surface area contributed by atoms with Crippen molar-refractivity contribution < 1.29 is 24.2 Å². The lowest BCUT2D eigenvalue weighted by atomic mass is 10.2. The minimum Gasteiger partial charge on any atom is -0.480 e. The zero-order valence-corrected chi connectivity index (χ0v) is 10.2. The van der Waals surface area contributed by atoms with Gasteiger partial charge < -0.3 is 25.2 Å². The van der Waals surface area contributed by atoms with Crippen LogP contribution >= 0.6 is 0 Å². The lowest BCUT2D eigenvalue weighted by molar-refractivity contribution is -0.142. The normalized spacial score (nSPS) is 11.9. The Kier molecular flexibility index (Phi) is 9.08. The number of rotatable bonds is 9. The molecule has 0 aliphatic rings. The van der Waals surface area contributed by atoms with Gasteiger partial charge >= 0.3 is 12.0 Å². The Bertz CT molecular complexity index is 235. The molecule has 1 unspecified atom stereocenters. The second kappa shape index (κ2) is 9.86. The molecule has 7 nitrogen and oxygen atoms in total. The van der Waals surface area contributed by atoms with Crippen LogP contribution in [0.1, 0.15) is 6.92 Å². The number of carbonyl (C=O) groups excluding carboxylic acids is 1. The number of aliphatic carboxylic acids is 1. The molecule has 0 heterocycles. The Morgan fingerprint density at radius 2 is 2.06 bits per heavy atom. The summed E-state index contributed by atoms with van der Waals surface area (Å²) in [6.07, 6.45) is 0. The molecule has 100 valence electrons. The maximum absolute atomic E-state index is 11.2. The molecule has 0 aromatic carbocycles. The summed E-state index contributed by atoms with van der Waals surface area (Å²) in [4.78, 5) is 21.3. The van der Waals surface area contributed by atoms with E-state index in [0.717, 1.165) is 0 Å². The summed E-state index contributed by atoms with van der Waals surface area (Å²) in [7, 11) is 1.61. The molecule has 7 heteroatoms. The number of ether oxygens (including phenoxy) is 2. The highest BCUT2D eigenvalue weighted by Gasteiger charge is 2.04. The molecule has 0 aromatic heterocycles. The van der Waals surface area contributed by atoms with Gasteiger partial charge in [-0.05, 0) is 5.92 Å². The van der Waals surface area contributed by atoms with Gasteiger partial charge in [0.25, 0.3) is 0 Å². The molecule has 0 fully saturated rings. The van der Waals surface area contributed by atoms with Gasteiger partial charge in [-0.15, -0.1) is 0 Å². The summed E-state index contributed by atoms with van der Waals surface area (Å²) < 4.78 is 9.67. The third kappa shape index (κ3) is 10.9. The first-order valence-corrected chi connectivity index (χ1v) is 5.36. The third-order valence-electron chi connectivity index (χ3n) is 1.82. The fraction of sp³-hybridized carbons (Fsp3) is 0.800. The van der Waals surface area contributed by atoms with Gasteiger partial charge in [0.15, 0.2) is 0 Å². The number of carboxylic acids is 1. The van der Waals surface area contributed by atoms with E-state index in [1.807, 2.05) is 6.92 Å². The fourth-order valence-electron chi connectivity index (χ4n) is 1.07. The highest BCUT2D eigenvalue weighted by Crippen LogP contribution is 1.91. The summed E-state index contributed by atoms with van der Waals surface area (Å²) in [5, 5.41) is 13.5. The Hall–Kier alpha value is -1.34. The second-order valence-electron chi connectivity index (χ2n) is 3.64. The third-order valence-corrected chi connectivity index (χ3v) is 1.82. The number of urea groups is 1. The van der Waals surface area contributed by atoms with Crippen molar-refractivity contribution in [3.8, 4) is 0 Å². The Morgan fingerprint density at radius 3 is 2.65 bits per heavy atom. The van der Waals surface area contributed by atoms with Crippen LogP contribution in [0.4, 0.5) is 4.79 Å². The van der Waals surface area contributed by atoms with E-state index in [1.54, 1.807) is 7.11 Å². The minimum atomic E-state index is -1.03. The van der Waals surface area contributed by atoms with E-state index in [1.165, 1.54) is 0 Å². The van der Waals surface area contributed by atoms with Gasteiger partial charge in [-0.1, -0.05) is 6.92 Å². The highest BCUT2D eigenvalue weighted by atomic mass is 16.5. The molecule has 17 heavy (non-hydrogen) atoms. The Labute approximate surface area is 100 Å². The van der Waals surface area contributed by atoms with Crippen LogP contribution in [0.2, 0.25) is 0 Å². The number of hydrogen-bond donors (Lipinski definition) is 3. The number of hydrogen-bond acceptors (Lipinski definition) is 4. The van der Waals surface area contributed by atoms with Gasteiger partial charge in [0, 0.05) is 20.2 Å². The highest BCUT2D eigenvalue weighted by molar-refractivity contribution is 5.73. The van der Waals surface area contributed by atoms with E-state index in [-0.39, 0.29) is 31.7 Å². The van der Waals surface area contributed by atoms with Gasteiger partial charge in [-0.2, -0.15) is 0 Å². The smallest absolute Gasteiger partial charge is 0.329 e. The summed E-state index contributed by atoms with van der Waals surface area (Å²) in [6.45, 7) is 3.16. The van der Waals surface area contributed by atoms with E-state index < -0.39 is 5.97 Å². The topological polar surface area (TPSA) is 96.9 Å². The average molecular weight is 248 g/mol. The van der Waals surface area contributed by atoms with Crippen LogP contribution in [0.25, 0.3) is 0 Å². The van der Waals surface area contributed by atoms with Crippen molar-refractivity contribution >= 4 is 12.0 Å². The van der Waals surface area contributed by atoms with Gasteiger partial charge in [-0.25, -0.2) is 9.59 Å². The van der Waals surface area contributed by atoms with Crippen LogP contribution in [0, 0.1) is 5.92 Å². The lowest BCUT2D eigenvalue weighted by Crippen LogP contribution is -2.40. The average Bonchev–Trinajstić information content (AvgIpc) is 2.26. The zero-order valence-electron chi connectivity index (χ0n) is 10.2. The summed E-state index contributed by atoms with van der Waals surface area (Å²) in [5.41, 5.74) is 0. The number of nitrogens with one attached hydrogen (secondary N) is 2. The molecule has 1 atom stereocenters. The van der Waals surface area contributed by atoms with Crippen LogP contribution < -0.4 is 10.6 Å². The van der Waals surface area contributed by atoms with Crippen LogP contribution in [-0.4, -0.2) is 57.1 Å². The first-order chi connectivity index (χ1) is 8.06. The van der Waals surface area contributed by atoms with Crippen molar-refractivity contribution in [1.82, 2.24) is 10.6 Å². The predicted molar refractivity (Wildman–Crippen MR) is 60.9 cm³/mol. The van der Waals surface area contributed by atoms with Crippen LogP contribution in [-0.2, 0) is 14.3 Å². The van der Waals surface area contributed by atoms with Crippen molar-refractivity contribution in [2.45, 2.75) is 6.92 Å².